The smallest absolute Gasteiger partial charge is 0.220 e. The Labute approximate surface area is 415 Å². The first-order valence-electron chi connectivity index (χ1n) is 30.5. The van der Waals surface area contributed by atoms with Crippen molar-refractivity contribution in [1.82, 2.24) is 5.32 Å². The molecule has 0 aromatic carbocycles. The summed E-state index contributed by atoms with van der Waals surface area (Å²) >= 11 is 0. The van der Waals surface area contributed by atoms with Gasteiger partial charge in [-0.2, -0.15) is 0 Å². The Bertz CT molecular complexity index is 963. The van der Waals surface area contributed by atoms with Gasteiger partial charge in [-0.3, -0.25) is 4.79 Å². The van der Waals surface area contributed by atoms with E-state index in [1.165, 1.54) is 289 Å². The molecule has 0 heterocycles. The number of allylic oxidation sites excluding steroid dienone is 4. The van der Waals surface area contributed by atoms with Crippen molar-refractivity contribution >= 4 is 5.91 Å². The Kier molecular flexibility index (Phi) is 57.2. The number of carbonyl (C=O) groups excluding carboxylic acids is 1. The average molecular weight is 929 g/mol. The molecular formula is C62H121NO3. The van der Waals surface area contributed by atoms with Crippen LogP contribution in [0.5, 0.6) is 0 Å². The molecule has 0 saturated heterocycles. The number of hydrogen-bond acceptors (Lipinski definition) is 3. The van der Waals surface area contributed by atoms with Crippen molar-refractivity contribution in [1.29, 1.82) is 0 Å². The highest BCUT2D eigenvalue weighted by Gasteiger charge is 2.20. The van der Waals surface area contributed by atoms with Gasteiger partial charge in [0.05, 0.1) is 18.8 Å². The van der Waals surface area contributed by atoms with Crippen molar-refractivity contribution < 1.29 is 15.0 Å². The molecule has 0 radical (unpaired) electrons. The Morgan fingerprint density at radius 3 is 0.909 bits per heavy atom. The van der Waals surface area contributed by atoms with E-state index in [1.807, 2.05) is 0 Å². The molecule has 0 aliphatic carbocycles. The fourth-order valence-corrected chi connectivity index (χ4v) is 9.81. The maximum Gasteiger partial charge on any atom is 0.220 e. The van der Waals surface area contributed by atoms with Crippen molar-refractivity contribution in [2.24, 2.45) is 0 Å². The fraction of sp³-hybridized carbons (Fsp3) is 0.919. The van der Waals surface area contributed by atoms with E-state index in [2.05, 4.69) is 43.5 Å². The minimum atomic E-state index is -0.658. The summed E-state index contributed by atoms with van der Waals surface area (Å²) in [5.74, 6) is -0.0248. The van der Waals surface area contributed by atoms with Crippen molar-refractivity contribution in [2.45, 2.75) is 360 Å². The minimum Gasteiger partial charge on any atom is -0.394 e. The number of unbranched alkanes of at least 4 members (excludes halogenated alkanes) is 46. The summed E-state index contributed by atoms with van der Waals surface area (Å²) < 4.78 is 0. The molecule has 0 aromatic heterocycles. The zero-order chi connectivity index (χ0) is 47.7. The van der Waals surface area contributed by atoms with Gasteiger partial charge in [0.25, 0.3) is 0 Å². The molecule has 0 fully saturated rings. The lowest BCUT2D eigenvalue weighted by atomic mass is 10.0. The lowest BCUT2D eigenvalue weighted by Crippen LogP contribution is -2.45. The molecule has 2 atom stereocenters. The maximum atomic E-state index is 12.5. The number of carbonyl (C=O) groups is 1. The van der Waals surface area contributed by atoms with Crippen LogP contribution in [-0.2, 0) is 4.79 Å². The van der Waals surface area contributed by atoms with Crippen LogP contribution in [0.1, 0.15) is 348 Å². The molecule has 2 unspecified atom stereocenters. The molecule has 1 amide bonds. The minimum absolute atomic E-state index is 0.0248. The highest BCUT2D eigenvalue weighted by molar-refractivity contribution is 5.76. The van der Waals surface area contributed by atoms with E-state index in [4.69, 9.17) is 0 Å². The zero-order valence-electron chi connectivity index (χ0n) is 45.2. The molecule has 4 nitrogen and oxygen atoms in total. The lowest BCUT2D eigenvalue weighted by Gasteiger charge is -2.22. The Morgan fingerprint density at radius 2 is 0.621 bits per heavy atom. The normalized spacial score (nSPS) is 12.8. The first kappa shape index (κ1) is 64.9. The van der Waals surface area contributed by atoms with Crippen LogP contribution in [0.3, 0.4) is 0 Å². The zero-order valence-corrected chi connectivity index (χ0v) is 45.2. The standard InChI is InChI=1S/C62H121NO3/c1-3-5-7-9-11-13-15-17-19-21-23-24-25-26-27-28-29-30-31-32-33-34-35-36-37-38-40-42-44-46-48-50-52-54-56-58-62(66)63-60(59-64)61(65)57-55-53-51-49-47-45-43-41-39-22-20-18-16-14-12-10-8-6-4-2/h25-26,28-29,60-61,64-65H,3-24,27,30-59H2,1-2H3,(H,63,66)/b26-25-,29-28-. The first-order valence-corrected chi connectivity index (χ1v) is 30.5. The Balaban J connectivity index is 3.40. The third-order valence-electron chi connectivity index (χ3n) is 14.5. The van der Waals surface area contributed by atoms with E-state index in [-0.39, 0.29) is 12.5 Å². The molecule has 66 heavy (non-hydrogen) atoms. The second-order valence-corrected chi connectivity index (χ2v) is 21.1. The predicted molar refractivity (Wildman–Crippen MR) is 295 cm³/mol. The summed E-state index contributed by atoms with van der Waals surface area (Å²) in [6, 6.07) is -0.535. The van der Waals surface area contributed by atoms with Gasteiger partial charge >= 0.3 is 0 Å². The van der Waals surface area contributed by atoms with Crippen LogP contribution in [-0.4, -0.2) is 34.9 Å². The summed E-state index contributed by atoms with van der Waals surface area (Å²) in [7, 11) is 0. The Morgan fingerprint density at radius 1 is 0.364 bits per heavy atom. The molecule has 392 valence electrons. The van der Waals surface area contributed by atoms with Crippen LogP contribution in [0.4, 0.5) is 0 Å². The van der Waals surface area contributed by atoms with Gasteiger partial charge in [-0.05, 0) is 44.9 Å². The molecule has 0 rings (SSSR count). The van der Waals surface area contributed by atoms with Crippen LogP contribution < -0.4 is 5.32 Å². The summed E-state index contributed by atoms with van der Waals surface area (Å²) in [6.07, 6.45) is 77.6. The fourth-order valence-electron chi connectivity index (χ4n) is 9.81. The molecule has 0 aliphatic rings. The molecule has 0 saturated carbocycles. The van der Waals surface area contributed by atoms with Crippen LogP contribution >= 0.6 is 0 Å². The van der Waals surface area contributed by atoms with E-state index in [1.54, 1.807) is 0 Å². The molecule has 0 aromatic rings. The van der Waals surface area contributed by atoms with Gasteiger partial charge in [0, 0.05) is 6.42 Å². The second kappa shape index (κ2) is 58.2. The highest BCUT2D eigenvalue weighted by Crippen LogP contribution is 2.18. The van der Waals surface area contributed by atoms with Gasteiger partial charge in [-0.25, -0.2) is 0 Å². The molecule has 0 aliphatic heterocycles. The predicted octanol–water partition coefficient (Wildman–Crippen LogP) is 20.3. The van der Waals surface area contributed by atoms with Gasteiger partial charge in [0.15, 0.2) is 0 Å². The summed E-state index contributed by atoms with van der Waals surface area (Å²) in [6.45, 7) is 4.40. The van der Waals surface area contributed by atoms with Crippen molar-refractivity contribution in [3.8, 4) is 0 Å². The number of aliphatic hydroxyl groups is 2. The first-order chi connectivity index (χ1) is 32.7. The molecule has 0 bridgehead atoms. The van der Waals surface area contributed by atoms with E-state index in [0.29, 0.717) is 12.8 Å². The summed E-state index contributed by atoms with van der Waals surface area (Å²) in [5.41, 5.74) is 0. The van der Waals surface area contributed by atoms with Gasteiger partial charge < -0.3 is 15.5 Å². The monoisotopic (exact) mass is 928 g/mol. The summed E-state index contributed by atoms with van der Waals surface area (Å²) in [4.78, 5) is 12.5. The number of aliphatic hydroxyl groups excluding tert-OH is 2. The van der Waals surface area contributed by atoms with Crippen LogP contribution in [0, 0.1) is 0 Å². The van der Waals surface area contributed by atoms with E-state index >= 15 is 0 Å². The molecule has 0 spiro atoms. The average Bonchev–Trinajstić information content (AvgIpc) is 3.32. The third-order valence-corrected chi connectivity index (χ3v) is 14.5. The summed E-state index contributed by atoms with van der Waals surface area (Å²) in [5, 5.41) is 23.4. The van der Waals surface area contributed by atoms with Crippen LogP contribution in [0.25, 0.3) is 0 Å². The van der Waals surface area contributed by atoms with E-state index in [9.17, 15) is 15.0 Å². The van der Waals surface area contributed by atoms with Gasteiger partial charge in [0.2, 0.25) is 5.91 Å². The largest absolute Gasteiger partial charge is 0.394 e. The van der Waals surface area contributed by atoms with E-state index in [0.717, 1.165) is 32.1 Å². The molecule has 3 N–H and O–H groups in total. The van der Waals surface area contributed by atoms with Crippen molar-refractivity contribution in [3.63, 3.8) is 0 Å². The lowest BCUT2D eigenvalue weighted by molar-refractivity contribution is -0.123. The number of amides is 1. The molecule has 4 heteroatoms. The molecular weight excluding hydrogens is 807 g/mol. The highest BCUT2D eigenvalue weighted by atomic mass is 16.3. The van der Waals surface area contributed by atoms with Gasteiger partial charge in [0.1, 0.15) is 0 Å². The number of nitrogens with one attached hydrogen (secondary N) is 1. The van der Waals surface area contributed by atoms with E-state index < -0.39 is 12.1 Å². The third kappa shape index (κ3) is 53.8. The second-order valence-electron chi connectivity index (χ2n) is 21.1. The van der Waals surface area contributed by atoms with Crippen molar-refractivity contribution in [3.05, 3.63) is 24.3 Å². The Hall–Kier alpha value is -1.13. The topological polar surface area (TPSA) is 69.6 Å². The maximum absolute atomic E-state index is 12.5. The van der Waals surface area contributed by atoms with Crippen LogP contribution in [0.2, 0.25) is 0 Å². The number of hydrogen-bond donors (Lipinski definition) is 3. The van der Waals surface area contributed by atoms with Gasteiger partial charge in [-0.15, -0.1) is 0 Å². The number of rotatable bonds is 57. The quantitative estimate of drug-likeness (QED) is 0.0420. The van der Waals surface area contributed by atoms with Crippen molar-refractivity contribution in [2.75, 3.05) is 6.61 Å². The van der Waals surface area contributed by atoms with Crippen LogP contribution in [0.15, 0.2) is 24.3 Å². The van der Waals surface area contributed by atoms with Gasteiger partial charge in [-0.1, -0.05) is 321 Å². The SMILES string of the molecule is CCCCCCCCCCCCC/C=C\C/C=C\CCCCCCCCCCCCCCCCCCCC(=O)NC(CO)C(O)CCCCCCCCCCCCCCCCCCCCC.